The minimum absolute atomic E-state index is 0.0395. The highest BCUT2D eigenvalue weighted by molar-refractivity contribution is 5.80. The van der Waals surface area contributed by atoms with Gasteiger partial charge >= 0.3 is 5.69 Å². The van der Waals surface area contributed by atoms with Gasteiger partial charge in [0.25, 0.3) is 0 Å². The summed E-state index contributed by atoms with van der Waals surface area (Å²) < 4.78 is 12.5. The second-order valence-corrected chi connectivity index (χ2v) is 7.83. The fourth-order valence-corrected chi connectivity index (χ4v) is 4.31. The highest BCUT2D eigenvalue weighted by Gasteiger charge is 2.21. The maximum absolute atomic E-state index is 12.5. The van der Waals surface area contributed by atoms with E-state index in [2.05, 4.69) is 15.1 Å². The molecule has 0 radical (unpaired) electrons. The fraction of sp³-hybridized carbons (Fsp3) is 0.348. The van der Waals surface area contributed by atoms with Crippen LogP contribution in [0.4, 0.5) is 0 Å². The number of nitrogens with zero attached hydrogens (tertiary/aromatic N) is 3. The van der Waals surface area contributed by atoms with Crippen LogP contribution in [0.2, 0.25) is 0 Å². The molecule has 0 bridgehead atoms. The predicted molar refractivity (Wildman–Crippen MR) is 114 cm³/mol. The lowest BCUT2D eigenvalue weighted by atomic mass is 10.1. The quantitative estimate of drug-likeness (QED) is 0.518. The van der Waals surface area contributed by atoms with Gasteiger partial charge in [-0.2, -0.15) is 4.98 Å². The SMILES string of the molecule is COc1ccc(CCc2nc(-c3ccc4c(c3)[nH]c(=O)n4C3CCCC3)no2)cc1. The van der Waals surface area contributed by atoms with E-state index < -0.39 is 0 Å². The second-order valence-electron chi connectivity index (χ2n) is 7.83. The van der Waals surface area contributed by atoms with E-state index in [0.29, 0.717) is 24.2 Å². The number of aromatic nitrogens is 4. The number of ether oxygens (including phenoxy) is 1. The van der Waals surface area contributed by atoms with Crippen LogP contribution in [-0.4, -0.2) is 26.8 Å². The lowest BCUT2D eigenvalue weighted by molar-refractivity contribution is 0.379. The van der Waals surface area contributed by atoms with Gasteiger partial charge in [-0.3, -0.25) is 4.57 Å². The summed E-state index contributed by atoms with van der Waals surface area (Å²) in [6.45, 7) is 0. The van der Waals surface area contributed by atoms with Crippen LogP contribution in [0.3, 0.4) is 0 Å². The van der Waals surface area contributed by atoms with Crippen molar-refractivity contribution in [1.29, 1.82) is 0 Å². The van der Waals surface area contributed by atoms with Crippen molar-refractivity contribution in [3.8, 4) is 17.1 Å². The number of nitrogens with one attached hydrogen (secondary N) is 1. The molecule has 2 aromatic carbocycles. The number of benzene rings is 2. The Morgan fingerprint density at radius 1 is 1.13 bits per heavy atom. The lowest BCUT2D eigenvalue weighted by Crippen LogP contribution is -2.20. The fourth-order valence-electron chi connectivity index (χ4n) is 4.31. The van der Waals surface area contributed by atoms with E-state index in [-0.39, 0.29) is 5.69 Å². The van der Waals surface area contributed by atoms with Crippen molar-refractivity contribution in [2.24, 2.45) is 0 Å². The Balaban J connectivity index is 1.34. The molecule has 4 aromatic rings. The van der Waals surface area contributed by atoms with Crippen molar-refractivity contribution in [1.82, 2.24) is 19.7 Å². The maximum atomic E-state index is 12.5. The van der Waals surface area contributed by atoms with Gasteiger partial charge in [-0.25, -0.2) is 4.79 Å². The average molecular weight is 404 g/mol. The normalized spacial score (nSPS) is 14.6. The van der Waals surface area contributed by atoms with Crippen LogP contribution in [0, 0.1) is 0 Å². The van der Waals surface area contributed by atoms with Crippen LogP contribution in [0.25, 0.3) is 22.4 Å². The summed E-state index contributed by atoms with van der Waals surface area (Å²) >= 11 is 0. The van der Waals surface area contributed by atoms with Crippen LogP contribution in [0.1, 0.15) is 43.2 Å². The van der Waals surface area contributed by atoms with Crippen LogP contribution in [0.15, 0.2) is 51.8 Å². The third-order valence-corrected chi connectivity index (χ3v) is 5.92. The first-order valence-corrected chi connectivity index (χ1v) is 10.4. The van der Waals surface area contributed by atoms with E-state index in [1.807, 2.05) is 47.0 Å². The van der Waals surface area contributed by atoms with Crippen LogP contribution < -0.4 is 10.4 Å². The Kier molecular flexibility index (Phi) is 4.86. The molecule has 1 N–H and O–H groups in total. The molecule has 30 heavy (non-hydrogen) atoms. The Morgan fingerprint density at radius 2 is 1.93 bits per heavy atom. The van der Waals surface area contributed by atoms with E-state index in [1.54, 1.807) is 7.11 Å². The summed E-state index contributed by atoms with van der Waals surface area (Å²) in [6, 6.07) is 14.1. The van der Waals surface area contributed by atoms with Gasteiger partial charge in [0.1, 0.15) is 5.75 Å². The zero-order chi connectivity index (χ0) is 20.5. The summed E-state index contributed by atoms with van der Waals surface area (Å²) in [5.41, 5.74) is 3.74. The molecule has 1 saturated carbocycles. The first-order chi connectivity index (χ1) is 14.7. The zero-order valence-corrected chi connectivity index (χ0v) is 16.9. The number of rotatable bonds is 6. The first-order valence-electron chi connectivity index (χ1n) is 10.4. The summed E-state index contributed by atoms with van der Waals surface area (Å²) in [5, 5.41) is 4.13. The number of imidazole rings is 1. The van der Waals surface area contributed by atoms with Gasteiger partial charge in [-0.05, 0) is 55.2 Å². The molecule has 0 spiro atoms. The number of methoxy groups -OCH3 is 1. The molecule has 0 atom stereocenters. The molecule has 1 aliphatic carbocycles. The van der Waals surface area contributed by atoms with Gasteiger partial charge in [0, 0.05) is 18.0 Å². The molecule has 7 heteroatoms. The molecule has 7 nitrogen and oxygen atoms in total. The van der Waals surface area contributed by atoms with Gasteiger partial charge in [0.05, 0.1) is 18.1 Å². The summed E-state index contributed by atoms with van der Waals surface area (Å²) in [7, 11) is 1.66. The molecule has 0 saturated heterocycles. The molecule has 0 amide bonds. The number of hydrogen-bond acceptors (Lipinski definition) is 5. The van der Waals surface area contributed by atoms with Crippen molar-refractivity contribution < 1.29 is 9.26 Å². The van der Waals surface area contributed by atoms with Crippen LogP contribution >= 0.6 is 0 Å². The molecule has 5 rings (SSSR count). The smallest absolute Gasteiger partial charge is 0.326 e. The number of hydrogen-bond donors (Lipinski definition) is 1. The van der Waals surface area contributed by atoms with Gasteiger partial charge in [-0.15, -0.1) is 0 Å². The summed E-state index contributed by atoms with van der Waals surface area (Å²) in [5.74, 6) is 1.98. The molecule has 1 fully saturated rings. The average Bonchev–Trinajstić information content (AvgIpc) is 3.51. The van der Waals surface area contributed by atoms with Gasteiger partial charge < -0.3 is 14.2 Å². The maximum Gasteiger partial charge on any atom is 0.326 e. The van der Waals surface area contributed by atoms with Crippen LogP contribution in [0.5, 0.6) is 5.75 Å². The minimum Gasteiger partial charge on any atom is -0.497 e. The third kappa shape index (κ3) is 3.51. The van der Waals surface area contributed by atoms with Gasteiger partial charge in [-0.1, -0.05) is 30.1 Å². The van der Waals surface area contributed by atoms with E-state index >= 15 is 0 Å². The van der Waals surface area contributed by atoms with Gasteiger partial charge in [0.15, 0.2) is 0 Å². The molecule has 0 unspecified atom stereocenters. The van der Waals surface area contributed by atoms with Gasteiger partial charge in [0.2, 0.25) is 11.7 Å². The molecule has 0 aliphatic heterocycles. The lowest BCUT2D eigenvalue weighted by Gasteiger charge is -2.11. The molecule has 2 aromatic heterocycles. The van der Waals surface area contributed by atoms with E-state index in [9.17, 15) is 4.79 Å². The van der Waals surface area contributed by atoms with Crippen molar-refractivity contribution in [2.75, 3.05) is 7.11 Å². The topological polar surface area (TPSA) is 85.9 Å². The molecule has 1 aliphatic rings. The first kappa shape index (κ1) is 18.7. The Labute approximate surface area is 173 Å². The predicted octanol–water partition coefficient (Wildman–Crippen LogP) is 4.29. The molecule has 154 valence electrons. The third-order valence-electron chi connectivity index (χ3n) is 5.92. The highest BCUT2D eigenvalue weighted by atomic mass is 16.5. The van der Waals surface area contributed by atoms with Crippen molar-refractivity contribution in [2.45, 2.75) is 44.6 Å². The van der Waals surface area contributed by atoms with E-state index in [1.165, 1.54) is 18.4 Å². The van der Waals surface area contributed by atoms with Crippen molar-refractivity contribution in [3.05, 3.63) is 64.4 Å². The minimum atomic E-state index is -0.0395. The number of aromatic amines is 1. The van der Waals surface area contributed by atoms with Crippen molar-refractivity contribution >= 4 is 11.0 Å². The Morgan fingerprint density at radius 3 is 2.70 bits per heavy atom. The van der Waals surface area contributed by atoms with E-state index in [0.717, 1.165) is 41.6 Å². The zero-order valence-electron chi connectivity index (χ0n) is 16.9. The standard InChI is InChI=1S/C23H24N4O3/c1-29-18-10-6-15(7-11-18)8-13-21-25-22(26-30-21)16-9-12-20-19(14-16)24-23(28)27(20)17-4-2-3-5-17/h6-7,9-12,14,17H,2-5,8,13H2,1H3,(H,24,28). The number of fused-ring (bicyclic) bond motifs is 1. The number of H-pyrrole nitrogens is 1. The van der Waals surface area contributed by atoms with Crippen molar-refractivity contribution in [3.63, 3.8) is 0 Å². The summed E-state index contributed by atoms with van der Waals surface area (Å²) in [4.78, 5) is 20.0. The second kappa shape index (κ2) is 7.82. The van der Waals surface area contributed by atoms with Crippen LogP contribution in [-0.2, 0) is 12.8 Å². The highest BCUT2D eigenvalue weighted by Crippen LogP contribution is 2.31. The monoisotopic (exact) mass is 404 g/mol. The van der Waals surface area contributed by atoms with E-state index in [4.69, 9.17) is 9.26 Å². The Bertz CT molecular complexity index is 1210. The molecular formula is C23H24N4O3. The molecular weight excluding hydrogens is 380 g/mol. The number of aryl methyl sites for hydroxylation is 2. The summed E-state index contributed by atoms with van der Waals surface area (Å²) in [6.07, 6.45) is 5.97. The Hall–Kier alpha value is -3.35. The largest absolute Gasteiger partial charge is 0.497 e. The molecule has 2 heterocycles.